The number of hydrogen-bond donors (Lipinski definition) is 1. The first-order valence-electron chi connectivity index (χ1n) is 12.1. The molecule has 1 fully saturated rings. The second kappa shape index (κ2) is 12.8. The third-order valence-electron chi connectivity index (χ3n) is 6.38. The van der Waals surface area contributed by atoms with Gasteiger partial charge in [0.25, 0.3) is 0 Å². The van der Waals surface area contributed by atoms with Crippen LogP contribution in [0.2, 0.25) is 5.02 Å². The van der Waals surface area contributed by atoms with Crippen molar-refractivity contribution in [2.45, 2.75) is 55.6 Å². The summed E-state index contributed by atoms with van der Waals surface area (Å²) in [6.07, 6.45) is 4.69. The summed E-state index contributed by atoms with van der Waals surface area (Å²) in [4.78, 5) is 30.1. The summed E-state index contributed by atoms with van der Waals surface area (Å²) in [6.45, 7) is 0.281. The van der Waals surface area contributed by atoms with E-state index in [2.05, 4.69) is 5.32 Å². The van der Waals surface area contributed by atoms with E-state index < -0.39 is 6.04 Å². The van der Waals surface area contributed by atoms with E-state index in [0.717, 1.165) is 41.7 Å². The molecule has 0 spiro atoms. The first kappa shape index (κ1) is 25.3. The normalized spacial score (nSPS) is 14.4. The van der Waals surface area contributed by atoms with Gasteiger partial charge in [-0.3, -0.25) is 9.59 Å². The highest BCUT2D eigenvalue weighted by molar-refractivity contribution is 8.00. The Morgan fingerprint density at radius 2 is 1.54 bits per heavy atom. The van der Waals surface area contributed by atoms with Crippen LogP contribution >= 0.6 is 23.4 Å². The second-order valence-corrected chi connectivity index (χ2v) is 10.4. The number of rotatable bonds is 10. The smallest absolute Gasteiger partial charge is 0.243 e. The first-order chi connectivity index (χ1) is 17.1. The zero-order chi connectivity index (χ0) is 24.5. The molecule has 4 rings (SSSR count). The number of hydrogen-bond acceptors (Lipinski definition) is 3. The number of nitrogens with zero attached hydrogens (tertiary/aromatic N) is 1. The van der Waals surface area contributed by atoms with E-state index >= 15 is 0 Å². The lowest BCUT2D eigenvalue weighted by Crippen LogP contribution is -2.52. The minimum atomic E-state index is -0.627. The van der Waals surface area contributed by atoms with Gasteiger partial charge in [0.1, 0.15) is 6.04 Å². The molecule has 0 radical (unpaired) electrons. The predicted molar refractivity (Wildman–Crippen MR) is 144 cm³/mol. The van der Waals surface area contributed by atoms with Crippen molar-refractivity contribution in [3.8, 4) is 0 Å². The molecule has 1 aliphatic rings. The van der Waals surface area contributed by atoms with Gasteiger partial charge in [-0.05, 0) is 42.2 Å². The molecule has 1 saturated carbocycles. The molecule has 0 unspecified atom stereocenters. The van der Waals surface area contributed by atoms with Gasteiger partial charge in [0.15, 0.2) is 0 Å². The number of halogens is 1. The maximum Gasteiger partial charge on any atom is 0.243 e. The SMILES string of the molecule is O=C(NC1CCCC1)[C@H](Cc1ccccc1)N(Cc1ccccc1Cl)C(=O)CSc1ccccc1. The molecule has 0 heterocycles. The summed E-state index contributed by atoms with van der Waals surface area (Å²) < 4.78 is 0. The first-order valence-corrected chi connectivity index (χ1v) is 13.5. The van der Waals surface area contributed by atoms with Crippen molar-refractivity contribution in [2.24, 2.45) is 0 Å². The van der Waals surface area contributed by atoms with Crippen LogP contribution in [0.5, 0.6) is 0 Å². The molecule has 3 aromatic rings. The van der Waals surface area contributed by atoms with Gasteiger partial charge >= 0.3 is 0 Å². The largest absolute Gasteiger partial charge is 0.352 e. The molecule has 0 saturated heterocycles. The van der Waals surface area contributed by atoms with Gasteiger partial charge in [0.2, 0.25) is 11.8 Å². The lowest BCUT2D eigenvalue weighted by atomic mass is 10.0. The average molecular weight is 507 g/mol. The van der Waals surface area contributed by atoms with E-state index in [1.165, 1.54) is 11.8 Å². The zero-order valence-electron chi connectivity index (χ0n) is 19.7. The van der Waals surface area contributed by atoms with Crippen molar-refractivity contribution in [1.29, 1.82) is 0 Å². The standard InChI is InChI=1S/C29H31ClN2O2S/c30-26-18-10-7-13-23(26)20-32(28(33)21-35-25-16-5-2-6-17-25)27(19-22-11-3-1-4-12-22)29(34)31-24-14-8-9-15-24/h1-7,10-13,16-18,24,27H,8-9,14-15,19-21H2,(H,31,34)/t27-/m0/s1. The van der Waals surface area contributed by atoms with Crippen molar-refractivity contribution < 1.29 is 9.59 Å². The van der Waals surface area contributed by atoms with Crippen molar-refractivity contribution in [1.82, 2.24) is 10.2 Å². The minimum Gasteiger partial charge on any atom is -0.352 e. The van der Waals surface area contributed by atoms with Crippen LogP contribution in [0.4, 0.5) is 0 Å². The van der Waals surface area contributed by atoms with E-state index in [9.17, 15) is 9.59 Å². The number of amides is 2. The third-order valence-corrected chi connectivity index (χ3v) is 7.74. The molecule has 2 amide bonds. The second-order valence-electron chi connectivity index (χ2n) is 8.91. The molecule has 0 bridgehead atoms. The van der Waals surface area contributed by atoms with Gasteiger partial charge < -0.3 is 10.2 Å². The fourth-order valence-corrected chi connectivity index (χ4v) is 5.48. The zero-order valence-corrected chi connectivity index (χ0v) is 21.3. The van der Waals surface area contributed by atoms with E-state index in [0.29, 0.717) is 11.4 Å². The monoisotopic (exact) mass is 506 g/mol. The molecule has 4 nitrogen and oxygen atoms in total. The Hall–Kier alpha value is -2.76. The molecular formula is C29H31ClN2O2S. The Labute approximate surface area is 217 Å². The van der Waals surface area contributed by atoms with Crippen LogP contribution in [0.15, 0.2) is 89.8 Å². The molecule has 1 atom stereocenters. The molecule has 0 aromatic heterocycles. The summed E-state index contributed by atoms with van der Waals surface area (Å²) in [5, 5.41) is 3.83. The van der Waals surface area contributed by atoms with Gasteiger partial charge in [0.05, 0.1) is 5.75 Å². The van der Waals surface area contributed by atoms with Crippen LogP contribution in [0.3, 0.4) is 0 Å². The fraction of sp³-hybridized carbons (Fsp3) is 0.310. The van der Waals surface area contributed by atoms with Crippen molar-refractivity contribution in [3.05, 3.63) is 101 Å². The third kappa shape index (κ3) is 7.36. The maximum absolute atomic E-state index is 13.7. The Kier molecular flexibility index (Phi) is 9.27. The summed E-state index contributed by atoms with van der Waals surface area (Å²) in [5.74, 6) is 0.0726. The van der Waals surface area contributed by atoms with Gasteiger partial charge in [-0.15, -0.1) is 11.8 Å². The lowest BCUT2D eigenvalue weighted by molar-refractivity contribution is -0.139. The Morgan fingerprint density at radius 1 is 0.914 bits per heavy atom. The summed E-state index contributed by atoms with van der Waals surface area (Å²) >= 11 is 7.97. The number of nitrogens with one attached hydrogen (secondary N) is 1. The quantitative estimate of drug-likeness (QED) is 0.336. The fourth-order valence-electron chi connectivity index (χ4n) is 4.48. The highest BCUT2D eigenvalue weighted by Crippen LogP contribution is 2.24. The average Bonchev–Trinajstić information content (AvgIpc) is 3.40. The van der Waals surface area contributed by atoms with Crippen molar-refractivity contribution in [2.75, 3.05) is 5.75 Å². The number of benzene rings is 3. The van der Waals surface area contributed by atoms with Crippen LogP contribution in [0, 0.1) is 0 Å². The molecular weight excluding hydrogens is 476 g/mol. The maximum atomic E-state index is 13.7. The van der Waals surface area contributed by atoms with Crippen LogP contribution in [0.25, 0.3) is 0 Å². The topological polar surface area (TPSA) is 49.4 Å². The molecule has 1 N–H and O–H groups in total. The lowest BCUT2D eigenvalue weighted by Gasteiger charge is -2.32. The Morgan fingerprint density at radius 3 is 2.23 bits per heavy atom. The molecule has 35 heavy (non-hydrogen) atoms. The van der Waals surface area contributed by atoms with E-state index in [1.807, 2.05) is 84.9 Å². The van der Waals surface area contributed by atoms with Crippen LogP contribution < -0.4 is 5.32 Å². The highest BCUT2D eigenvalue weighted by atomic mass is 35.5. The van der Waals surface area contributed by atoms with Gasteiger partial charge in [0, 0.05) is 28.9 Å². The molecule has 182 valence electrons. The summed E-state index contributed by atoms with van der Waals surface area (Å²) in [5.41, 5.74) is 1.85. The molecule has 0 aliphatic heterocycles. The number of thioether (sulfide) groups is 1. The van der Waals surface area contributed by atoms with Gasteiger partial charge in [-0.2, -0.15) is 0 Å². The predicted octanol–water partition coefficient (Wildman–Crippen LogP) is 6.13. The van der Waals surface area contributed by atoms with E-state index in [1.54, 1.807) is 4.90 Å². The highest BCUT2D eigenvalue weighted by Gasteiger charge is 2.32. The Balaban J connectivity index is 1.61. The van der Waals surface area contributed by atoms with Crippen LogP contribution in [-0.4, -0.2) is 34.6 Å². The molecule has 6 heteroatoms. The molecule has 3 aromatic carbocycles. The van der Waals surface area contributed by atoms with Crippen molar-refractivity contribution in [3.63, 3.8) is 0 Å². The van der Waals surface area contributed by atoms with Crippen LogP contribution in [0.1, 0.15) is 36.8 Å². The van der Waals surface area contributed by atoms with Crippen LogP contribution in [-0.2, 0) is 22.6 Å². The van der Waals surface area contributed by atoms with Gasteiger partial charge in [-0.25, -0.2) is 0 Å². The number of carbonyl (C=O) groups is 2. The van der Waals surface area contributed by atoms with Crippen molar-refractivity contribution >= 4 is 35.2 Å². The van der Waals surface area contributed by atoms with Gasteiger partial charge in [-0.1, -0.05) is 91.2 Å². The van der Waals surface area contributed by atoms with E-state index in [4.69, 9.17) is 11.6 Å². The minimum absolute atomic E-state index is 0.0822. The molecule has 1 aliphatic carbocycles. The Bertz CT molecular complexity index is 1100. The van der Waals surface area contributed by atoms with E-state index in [-0.39, 0.29) is 30.2 Å². The number of carbonyl (C=O) groups excluding carboxylic acids is 2. The summed E-state index contributed by atoms with van der Waals surface area (Å²) in [6, 6.07) is 26.8. The summed E-state index contributed by atoms with van der Waals surface area (Å²) in [7, 11) is 0.